The molecule has 28 heavy (non-hydrogen) atoms. The molecule has 0 radical (unpaired) electrons. The summed E-state index contributed by atoms with van der Waals surface area (Å²) >= 11 is 11.9. The van der Waals surface area contributed by atoms with Gasteiger partial charge < -0.3 is 5.32 Å². The smallest absolute Gasteiger partial charge is 0.261 e. The number of nitrogens with one attached hydrogen (secondary N) is 2. The second kappa shape index (κ2) is 8.18. The lowest BCUT2D eigenvalue weighted by Crippen LogP contribution is -2.14. The number of amides is 1. The second-order valence-electron chi connectivity index (χ2n) is 5.69. The maximum absolute atomic E-state index is 12.9. The lowest BCUT2D eigenvalue weighted by atomic mass is 10.2. The van der Waals surface area contributed by atoms with Gasteiger partial charge in [0.1, 0.15) is 5.82 Å². The molecular weight excluding hydrogens is 426 g/mol. The molecule has 0 aliphatic carbocycles. The van der Waals surface area contributed by atoms with Crippen LogP contribution >= 0.6 is 23.2 Å². The van der Waals surface area contributed by atoms with Crippen molar-refractivity contribution < 1.29 is 17.6 Å². The van der Waals surface area contributed by atoms with Gasteiger partial charge in [-0.25, -0.2) is 12.8 Å². The Balaban J connectivity index is 1.75. The van der Waals surface area contributed by atoms with Gasteiger partial charge in [0.25, 0.3) is 15.9 Å². The van der Waals surface area contributed by atoms with Gasteiger partial charge in [0.05, 0.1) is 20.6 Å². The van der Waals surface area contributed by atoms with Crippen LogP contribution in [-0.4, -0.2) is 14.3 Å². The number of rotatable bonds is 5. The number of benzene rings is 3. The molecule has 0 aliphatic rings. The summed E-state index contributed by atoms with van der Waals surface area (Å²) in [6, 6.07) is 15.2. The Labute approximate surface area is 171 Å². The zero-order chi connectivity index (χ0) is 20.3. The molecule has 3 aromatic rings. The molecule has 144 valence electrons. The van der Waals surface area contributed by atoms with E-state index in [1.165, 1.54) is 54.6 Å². The molecule has 0 saturated carbocycles. The van der Waals surface area contributed by atoms with Crippen LogP contribution in [0.4, 0.5) is 15.8 Å². The van der Waals surface area contributed by atoms with Gasteiger partial charge in [-0.2, -0.15) is 0 Å². The number of carbonyl (C=O) groups excluding carboxylic acids is 1. The van der Waals surface area contributed by atoms with E-state index in [4.69, 9.17) is 23.2 Å². The van der Waals surface area contributed by atoms with E-state index in [0.717, 1.165) is 0 Å². The monoisotopic (exact) mass is 438 g/mol. The first kappa shape index (κ1) is 20.1. The molecule has 0 bridgehead atoms. The molecule has 2 N–H and O–H groups in total. The van der Waals surface area contributed by atoms with Crippen LogP contribution in [0.3, 0.4) is 0 Å². The molecule has 0 heterocycles. The number of hydrogen-bond donors (Lipinski definition) is 2. The summed E-state index contributed by atoms with van der Waals surface area (Å²) in [7, 11) is -3.90. The fourth-order valence-electron chi connectivity index (χ4n) is 2.31. The highest BCUT2D eigenvalue weighted by Crippen LogP contribution is 2.31. The van der Waals surface area contributed by atoms with Crippen LogP contribution in [0.1, 0.15) is 10.4 Å². The third-order valence-corrected chi connectivity index (χ3v) is 5.93. The molecule has 0 atom stereocenters. The van der Waals surface area contributed by atoms with E-state index in [0.29, 0.717) is 5.69 Å². The molecule has 9 heteroatoms. The first-order valence-electron chi connectivity index (χ1n) is 7.90. The van der Waals surface area contributed by atoms with E-state index in [1.54, 1.807) is 12.1 Å². The molecular formula is C19H13Cl2FN2O3S. The van der Waals surface area contributed by atoms with Crippen molar-refractivity contribution in [1.82, 2.24) is 0 Å². The highest BCUT2D eigenvalue weighted by molar-refractivity contribution is 7.92. The maximum Gasteiger partial charge on any atom is 0.261 e. The zero-order valence-electron chi connectivity index (χ0n) is 14.1. The van der Waals surface area contributed by atoms with Crippen LogP contribution in [0.25, 0.3) is 0 Å². The minimum atomic E-state index is -3.90. The van der Waals surface area contributed by atoms with Crippen molar-refractivity contribution in [3.8, 4) is 0 Å². The summed E-state index contributed by atoms with van der Waals surface area (Å²) in [5.41, 5.74) is 0.812. The molecule has 3 aromatic carbocycles. The fourth-order valence-corrected chi connectivity index (χ4v) is 3.78. The molecule has 0 saturated heterocycles. The van der Waals surface area contributed by atoms with Crippen molar-refractivity contribution in [3.05, 3.63) is 88.2 Å². The van der Waals surface area contributed by atoms with Gasteiger partial charge in [-0.05, 0) is 60.7 Å². The molecule has 5 nitrogen and oxygen atoms in total. The van der Waals surface area contributed by atoms with Gasteiger partial charge in [0.2, 0.25) is 0 Å². The average molecular weight is 439 g/mol. The first-order valence-corrected chi connectivity index (χ1v) is 10.1. The molecule has 0 aromatic heterocycles. The summed E-state index contributed by atoms with van der Waals surface area (Å²) < 4.78 is 40.3. The largest absolute Gasteiger partial charge is 0.322 e. The van der Waals surface area contributed by atoms with Crippen LogP contribution in [0.2, 0.25) is 10.0 Å². The van der Waals surface area contributed by atoms with Gasteiger partial charge in [-0.15, -0.1) is 0 Å². The number of hydrogen-bond acceptors (Lipinski definition) is 3. The average Bonchev–Trinajstić information content (AvgIpc) is 2.66. The van der Waals surface area contributed by atoms with Crippen LogP contribution in [0.15, 0.2) is 71.6 Å². The summed E-state index contributed by atoms with van der Waals surface area (Å²) in [6.07, 6.45) is 0. The van der Waals surface area contributed by atoms with E-state index in [2.05, 4.69) is 10.0 Å². The van der Waals surface area contributed by atoms with E-state index < -0.39 is 21.7 Å². The van der Waals surface area contributed by atoms with Gasteiger partial charge in [-0.3, -0.25) is 9.52 Å². The van der Waals surface area contributed by atoms with Gasteiger partial charge in [-0.1, -0.05) is 29.3 Å². The van der Waals surface area contributed by atoms with Gasteiger partial charge in [0.15, 0.2) is 0 Å². The molecule has 1 amide bonds. The highest BCUT2D eigenvalue weighted by Gasteiger charge is 2.17. The zero-order valence-corrected chi connectivity index (χ0v) is 16.4. The minimum Gasteiger partial charge on any atom is -0.322 e. The number of carbonyl (C=O) groups is 1. The van der Waals surface area contributed by atoms with Crippen molar-refractivity contribution in [3.63, 3.8) is 0 Å². The van der Waals surface area contributed by atoms with Crippen LogP contribution in [0, 0.1) is 5.82 Å². The molecule has 0 spiro atoms. The van der Waals surface area contributed by atoms with Crippen LogP contribution in [0.5, 0.6) is 0 Å². The topological polar surface area (TPSA) is 75.3 Å². The summed E-state index contributed by atoms with van der Waals surface area (Å²) in [5, 5.41) is 2.92. The second-order valence-corrected chi connectivity index (χ2v) is 8.16. The number of anilines is 2. The Morgan fingerprint density at radius 2 is 1.54 bits per heavy atom. The van der Waals surface area contributed by atoms with Crippen molar-refractivity contribution in [2.45, 2.75) is 4.90 Å². The molecule has 3 rings (SSSR count). The molecule has 0 unspecified atom stereocenters. The van der Waals surface area contributed by atoms with Crippen LogP contribution < -0.4 is 10.0 Å². The third kappa shape index (κ3) is 4.62. The fraction of sp³-hybridized carbons (Fsp3) is 0. The SMILES string of the molecule is O=C(Nc1ccc(S(=O)(=O)Nc2cccc(Cl)c2Cl)cc1)c1ccc(F)cc1. The molecule has 0 aliphatic heterocycles. The van der Waals surface area contributed by atoms with Gasteiger partial charge in [0, 0.05) is 11.3 Å². The predicted octanol–water partition coefficient (Wildman–Crippen LogP) is 5.19. The Hall–Kier alpha value is -2.61. The minimum absolute atomic E-state index is 0.0247. The summed E-state index contributed by atoms with van der Waals surface area (Å²) in [5.74, 6) is -0.891. The van der Waals surface area contributed by atoms with E-state index in [9.17, 15) is 17.6 Å². The Morgan fingerprint density at radius 3 is 2.18 bits per heavy atom. The summed E-state index contributed by atoms with van der Waals surface area (Å²) in [4.78, 5) is 12.1. The predicted molar refractivity (Wildman–Crippen MR) is 108 cm³/mol. The lowest BCUT2D eigenvalue weighted by Gasteiger charge is -2.11. The first-order chi connectivity index (χ1) is 13.3. The van der Waals surface area contributed by atoms with Crippen molar-refractivity contribution >= 4 is 50.5 Å². The summed E-state index contributed by atoms with van der Waals surface area (Å²) in [6.45, 7) is 0. The van der Waals surface area contributed by atoms with Crippen molar-refractivity contribution in [2.24, 2.45) is 0 Å². The Morgan fingerprint density at radius 1 is 0.893 bits per heavy atom. The van der Waals surface area contributed by atoms with E-state index in [1.807, 2.05) is 0 Å². The van der Waals surface area contributed by atoms with Crippen molar-refractivity contribution in [1.29, 1.82) is 0 Å². The number of halogens is 3. The normalized spacial score (nSPS) is 11.1. The third-order valence-electron chi connectivity index (χ3n) is 3.72. The van der Waals surface area contributed by atoms with Crippen LogP contribution in [-0.2, 0) is 10.0 Å². The van der Waals surface area contributed by atoms with E-state index in [-0.39, 0.29) is 26.2 Å². The van der Waals surface area contributed by atoms with Crippen molar-refractivity contribution in [2.75, 3.05) is 10.0 Å². The number of sulfonamides is 1. The standard InChI is InChI=1S/C19H13Cl2FN2O3S/c20-16-2-1-3-17(18(16)21)24-28(26,27)15-10-8-14(9-11-15)23-19(25)12-4-6-13(22)7-5-12/h1-11,24H,(H,23,25). The quantitative estimate of drug-likeness (QED) is 0.575. The van der Waals surface area contributed by atoms with E-state index >= 15 is 0 Å². The maximum atomic E-state index is 12.9. The van der Waals surface area contributed by atoms with Gasteiger partial charge >= 0.3 is 0 Å². The molecule has 0 fully saturated rings. The highest BCUT2D eigenvalue weighted by atomic mass is 35.5. The Kier molecular flexibility index (Phi) is 5.88. The lowest BCUT2D eigenvalue weighted by molar-refractivity contribution is 0.102. The Bertz CT molecular complexity index is 1120.